The number of amides is 2. The van der Waals surface area contributed by atoms with Crippen LogP contribution in [0.2, 0.25) is 0 Å². The highest BCUT2D eigenvalue weighted by atomic mass is 16.5. The Labute approximate surface area is 157 Å². The van der Waals surface area contributed by atoms with E-state index in [1.807, 2.05) is 26.0 Å². The minimum atomic E-state index is -0.493. The number of fused-ring (bicyclic) bond motifs is 1. The number of likely N-dealkylation sites (tertiary alicyclic amines) is 1. The molecule has 2 aromatic rings. The van der Waals surface area contributed by atoms with E-state index in [2.05, 4.69) is 0 Å². The minimum absolute atomic E-state index is 0.0344. The summed E-state index contributed by atoms with van der Waals surface area (Å²) in [6.45, 7) is 4.47. The van der Waals surface area contributed by atoms with Crippen molar-refractivity contribution in [3.8, 4) is 0 Å². The molecule has 1 atom stereocenters. The molecular weight excluding hydrogens is 348 g/mol. The molecule has 144 valence electrons. The van der Waals surface area contributed by atoms with Crippen molar-refractivity contribution in [3.63, 3.8) is 0 Å². The number of benzene rings is 1. The summed E-state index contributed by atoms with van der Waals surface area (Å²) in [6.07, 6.45) is 2.99. The first-order valence-electron chi connectivity index (χ1n) is 9.05. The molecule has 2 amide bonds. The molecular formula is C20H24N2O5. The fourth-order valence-corrected chi connectivity index (χ4v) is 3.40. The molecule has 2 heterocycles. The van der Waals surface area contributed by atoms with Crippen LogP contribution in [0.3, 0.4) is 0 Å². The van der Waals surface area contributed by atoms with Crippen LogP contribution in [0.4, 0.5) is 0 Å². The van der Waals surface area contributed by atoms with Crippen molar-refractivity contribution >= 4 is 28.8 Å². The zero-order valence-electron chi connectivity index (χ0n) is 15.6. The monoisotopic (exact) mass is 372 g/mol. The Morgan fingerprint density at radius 1 is 1.30 bits per heavy atom. The zero-order chi connectivity index (χ0) is 19.6. The fourth-order valence-electron chi connectivity index (χ4n) is 3.40. The second-order valence-electron chi connectivity index (χ2n) is 7.06. The summed E-state index contributed by atoms with van der Waals surface area (Å²) >= 11 is 0. The lowest BCUT2D eigenvalue weighted by Gasteiger charge is -2.31. The third kappa shape index (κ3) is 4.13. The Morgan fingerprint density at radius 3 is 2.81 bits per heavy atom. The molecule has 0 aliphatic carbocycles. The number of hydrogen-bond acceptors (Lipinski definition) is 5. The summed E-state index contributed by atoms with van der Waals surface area (Å²) in [7, 11) is 0. The first kappa shape index (κ1) is 18.9. The summed E-state index contributed by atoms with van der Waals surface area (Å²) < 4.78 is 10.7. The van der Waals surface area contributed by atoms with Gasteiger partial charge in [0.05, 0.1) is 18.6 Å². The van der Waals surface area contributed by atoms with Crippen LogP contribution in [0.5, 0.6) is 0 Å². The maximum absolute atomic E-state index is 12.2. The van der Waals surface area contributed by atoms with Gasteiger partial charge in [-0.1, -0.05) is 12.1 Å². The van der Waals surface area contributed by atoms with Gasteiger partial charge in [0.15, 0.2) is 6.61 Å². The molecule has 1 fully saturated rings. The van der Waals surface area contributed by atoms with E-state index in [-0.39, 0.29) is 31.4 Å². The third-order valence-electron chi connectivity index (χ3n) is 5.21. The number of carbonyl (C=O) groups excluding carboxylic acids is 3. The van der Waals surface area contributed by atoms with E-state index in [9.17, 15) is 14.4 Å². The van der Waals surface area contributed by atoms with Gasteiger partial charge < -0.3 is 19.8 Å². The van der Waals surface area contributed by atoms with E-state index in [1.54, 1.807) is 6.26 Å². The molecule has 0 saturated carbocycles. The van der Waals surface area contributed by atoms with Crippen molar-refractivity contribution < 1.29 is 23.5 Å². The fraction of sp³-hybridized carbons (Fsp3) is 0.450. The normalized spacial score (nSPS) is 17.1. The Bertz CT molecular complexity index is 886. The third-order valence-corrected chi connectivity index (χ3v) is 5.21. The van der Waals surface area contributed by atoms with E-state index in [4.69, 9.17) is 14.9 Å². The molecule has 1 aliphatic heterocycles. The number of nitrogens with two attached hydrogens (primary N) is 1. The van der Waals surface area contributed by atoms with E-state index in [0.717, 1.165) is 27.7 Å². The van der Waals surface area contributed by atoms with Gasteiger partial charge in [-0.05, 0) is 37.8 Å². The van der Waals surface area contributed by atoms with Gasteiger partial charge >= 0.3 is 5.97 Å². The van der Waals surface area contributed by atoms with E-state index >= 15 is 0 Å². The predicted octanol–water partition coefficient (Wildman–Crippen LogP) is 1.86. The number of hydrogen-bond donors (Lipinski definition) is 1. The predicted molar refractivity (Wildman–Crippen MR) is 98.8 cm³/mol. The van der Waals surface area contributed by atoms with Crippen molar-refractivity contribution in [1.82, 2.24) is 4.90 Å². The standard InChI is InChI=1S/C20H24N2O5/c1-12-5-6-16-15(10-27-19(16)13(12)2)8-18(24)26-11-17(23)22-7-3-4-14(9-22)20(21)25/h5-6,10,14H,3-4,7-9,11H2,1-2H3,(H2,21,25)/t14-/m1/s1. The van der Waals surface area contributed by atoms with Gasteiger partial charge in [0, 0.05) is 24.0 Å². The summed E-state index contributed by atoms with van der Waals surface area (Å²) in [5, 5.41) is 0.877. The van der Waals surface area contributed by atoms with Gasteiger partial charge in [0.1, 0.15) is 5.58 Å². The van der Waals surface area contributed by atoms with Gasteiger partial charge in [-0.15, -0.1) is 0 Å². The lowest BCUT2D eigenvalue weighted by Crippen LogP contribution is -2.45. The Hall–Kier alpha value is -2.83. The number of nitrogens with zero attached hydrogens (tertiary/aromatic N) is 1. The molecule has 2 N–H and O–H groups in total. The lowest BCUT2D eigenvalue weighted by atomic mass is 9.97. The average molecular weight is 372 g/mol. The quantitative estimate of drug-likeness (QED) is 0.807. The van der Waals surface area contributed by atoms with Crippen LogP contribution in [-0.2, 0) is 25.5 Å². The van der Waals surface area contributed by atoms with Crippen molar-refractivity contribution in [2.24, 2.45) is 11.7 Å². The topological polar surface area (TPSA) is 103 Å². The van der Waals surface area contributed by atoms with E-state index < -0.39 is 11.9 Å². The van der Waals surface area contributed by atoms with Crippen LogP contribution in [0.1, 0.15) is 29.5 Å². The van der Waals surface area contributed by atoms with Crippen LogP contribution in [0.25, 0.3) is 11.0 Å². The summed E-state index contributed by atoms with van der Waals surface area (Å²) in [5.74, 6) is -1.53. The smallest absolute Gasteiger partial charge is 0.310 e. The molecule has 1 aliphatic rings. The van der Waals surface area contributed by atoms with E-state index in [1.165, 1.54) is 4.90 Å². The number of rotatable bonds is 5. The summed E-state index contributed by atoms with van der Waals surface area (Å²) in [6, 6.07) is 3.91. The van der Waals surface area contributed by atoms with Gasteiger partial charge in [-0.25, -0.2) is 0 Å². The molecule has 1 aromatic carbocycles. The van der Waals surface area contributed by atoms with Crippen molar-refractivity contribution in [2.75, 3.05) is 19.7 Å². The van der Waals surface area contributed by atoms with Crippen LogP contribution >= 0.6 is 0 Å². The second-order valence-corrected chi connectivity index (χ2v) is 7.06. The number of primary amides is 1. The Kier molecular flexibility index (Phi) is 5.48. The SMILES string of the molecule is Cc1ccc2c(CC(=O)OCC(=O)N3CCC[C@@H](C(N)=O)C3)coc2c1C. The molecule has 0 radical (unpaired) electrons. The average Bonchev–Trinajstić information content (AvgIpc) is 3.06. The molecule has 7 nitrogen and oxygen atoms in total. The lowest BCUT2D eigenvalue weighted by molar-refractivity contribution is -0.152. The van der Waals surface area contributed by atoms with Crippen molar-refractivity contribution in [3.05, 3.63) is 35.1 Å². The van der Waals surface area contributed by atoms with Crippen LogP contribution in [0, 0.1) is 19.8 Å². The molecule has 1 saturated heterocycles. The number of carbonyl (C=O) groups is 3. The van der Waals surface area contributed by atoms with Crippen LogP contribution in [-0.4, -0.2) is 42.4 Å². The zero-order valence-corrected chi connectivity index (χ0v) is 15.6. The maximum Gasteiger partial charge on any atom is 0.310 e. The first-order chi connectivity index (χ1) is 12.9. The first-order valence-corrected chi connectivity index (χ1v) is 9.05. The Morgan fingerprint density at radius 2 is 2.07 bits per heavy atom. The number of esters is 1. The van der Waals surface area contributed by atoms with Crippen molar-refractivity contribution in [2.45, 2.75) is 33.1 Å². The highest BCUT2D eigenvalue weighted by Crippen LogP contribution is 2.27. The number of aryl methyl sites for hydroxylation is 2. The molecule has 7 heteroatoms. The molecule has 0 spiro atoms. The number of piperidine rings is 1. The molecule has 27 heavy (non-hydrogen) atoms. The van der Waals surface area contributed by atoms with Gasteiger partial charge in [0.2, 0.25) is 5.91 Å². The highest BCUT2D eigenvalue weighted by molar-refractivity contribution is 5.89. The molecule has 3 rings (SSSR count). The highest BCUT2D eigenvalue weighted by Gasteiger charge is 2.27. The number of ether oxygens (including phenoxy) is 1. The molecule has 0 bridgehead atoms. The van der Waals surface area contributed by atoms with Crippen LogP contribution in [0.15, 0.2) is 22.8 Å². The number of furan rings is 1. The van der Waals surface area contributed by atoms with Gasteiger partial charge in [0.25, 0.3) is 5.91 Å². The largest absolute Gasteiger partial charge is 0.464 e. The summed E-state index contributed by atoms with van der Waals surface area (Å²) in [4.78, 5) is 37.2. The molecule has 1 aromatic heterocycles. The second kappa shape index (κ2) is 7.82. The molecule has 0 unspecified atom stereocenters. The van der Waals surface area contributed by atoms with Gasteiger partial charge in [-0.2, -0.15) is 0 Å². The van der Waals surface area contributed by atoms with Gasteiger partial charge in [-0.3, -0.25) is 14.4 Å². The Balaban J connectivity index is 1.56. The van der Waals surface area contributed by atoms with Crippen molar-refractivity contribution in [1.29, 1.82) is 0 Å². The minimum Gasteiger partial charge on any atom is -0.464 e. The summed E-state index contributed by atoms with van der Waals surface area (Å²) in [5.41, 5.74) is 8.98. The maximum atomic E-state index is 12.2. The van der Waals surface area contributed by atoms with Crippen LogP contribution < -0.4 is 5.73 Å². The van der Waals surface area contributed by atoms with E-state index in [0.29, 0.717) is 19.4 Å².